The molecule has 2 N–H and O–H groups in total. The van der Waals surface area contributed by atoms with Gasteiger partial charge in [0.1, 0.15) is 5.75 Å². The number of anilines is 2. The summed E-state index contributed by atoms with van der Waals surface area (Å²) < 4.78 is 30.7. The number of rotatable bonds is 4. The standard InChI is InChI=1S/C10H12N4O3S2/c1-14(7-5-3-4-6-8(7)17-2)19(15,16)10-13-12-9(11)18-10/h3-6H,1-2H3,(H2,11,12). The molecule has 7 nitrogen and oxygen atoms in total. The molecule has 1 aromatic heterocycles. The number of nitrogens with zero attached hydrogens (tertiary/aromatic N) is 3. The van der Waals surface area contributed by atoms with Crippen LogP contribution in [0.1, 0.15) is 0 Å². The van der Waals surface area contributed by atoms with Crippen molar-refractivity contribution in [2.45, 2.75) is 4.34 Å². The molecule has 0 fully saturated rings. The number of ether oxygens (including phenoxy) is 1. The zero-order valence-electron chi connectivity index (χ0n) is 10.3. The van der Waals surface area contributed by atoms with Crippen molar-refractivity contribution in [3.05, 3.63) is 24.3 Å². The molecule has 1 aromatic carbocycles. The van der Waals surface area contributed by atoms with E-state index < -0.39 is 10.0 Å². The summed E-state index contributed by atoms with van der Waals surface area (Å²) in [7, 11) is -0.890. The van der Waals surface area contributed by atoms with Crippen LogP contribution >= 0.6 is 11.3 Å². The molecule has 0 saturated carbocycles. The van der Waals surface area contributed by atoms with Gasteiger partial charge in [-0.1, -0.05) is 23.5 Å². The van der Waals surface area contributed by atoms with Crippen molar-refractivity contribution in [3.63, 3.8) is 0 Å². The monoisotopic (exact) mass is 300 g/mol. The summed E-state index contributed by atoms with van der Waals surface area (Å²) in [4.78, 5) is 0. The highest BCUT2D eigenvalue weighted by Gasteiger charge is 2.27. The zero-order valence-corrected chi connectivity index (χ0v) is 11.9. The minimum Gasteiger partial charge on any atom is -0.495 e. The normalized spacial score (nSPS) is 11.3. The maximum atomic E-state index is 12.3. The topological polar surface area (TPSA) is 98.4 Å². The second-order valence-electron chi connectivity index (χ2n) is 3.55. The van der Waals surface area contributed by atoms with Gasteiger partial charge in [0.2, 0.25) is 5.13 Å². The van der Waals surface area contributed by atoms with Crippen LogP contribution in [0.2, 0.25) is 0 Å². The molecule has 2 aromatic rings. The van der Waals surface area contributed by atoms with E-state index in [4.69, 9.17) is 10.5 Å². The first kappa shape index (κ1) is 13.6. The molecule has 0 spiro atoms. The molecule has 0 amide bonds. The molecule has 9 heteroatoms. The molecule has 2 rings (SSSR count). The van der Waals surface area contributed by atoms with Gasteiger partial charge in [0, 0.05) is 7.05 Å². The van der Waals surface area contributed by atoms with Gasteiger partial charge in [0.15, 0.2) is 0 Å². The average molecular weight is 300 g/mol. The Kier molecular flexibility index (Phi) is 3.58. The molecule has 0 unspecified atom stereocenters. The first-order chi connectivity index (χ1) is 8.96. The van der Waals surface area contributed by atoms with Gasteiger partial charge in [-0.05, 0) is 12.1 Å². The van der Waals surface area contributed by atoms with Gasteiger partial charge in [0.05, 0.1) is 12.8 Å². The quantitative estimate of drug-likeness (QED) is 0.902. The summed E-state index contributed by atoms with van der Waals surface area (Å²) in [6, 6.07) is 6.79. The third kappa shape index (κ3) is 2.47. The Labute approximate surface area is 114 Å². The zero-order chi connectivity index (χ0) is 14.0. The number of benzene rings is 1. The number of aromatic nitrogens is 2. The molecule has 0 aliphatic carbocycles. The molecule has 0 aliphatic rings. The predicted molar refractivity (Wildman–Crippen MR) is 72.9 cm³/mol. The van der Waals surface area contributed by atoms with Crippen LogP contribution in [0.25, 0.3) is 0 Å². The Morgan fingerprint density at radius 3 is 2.58 bits per heavy atom. The summed E-state index contributed by atoms with van der Waals surface area (Å²) >= 11 is 0.816. The van der Waals surface area contributed by atoms with Crippen LogP contribution in [0.4, 0.5) is 10.8 Å². The number of hydrogen-bond acceptors (Lipinski definition) is 7. The average Bonchev–Trinajstić information content (AvgIpc) is 2.85. The van der Waals surface area contributed by atoms with Crippen LogP contribution in [0.3, 0.4) is 0 Å². The fraction of sp³-hybridized carbons (Fsp3) is 0.200. The molecule has 0 saturated heterocycles. The van der Waals surface area contributed by atoms with Gasteiger partial charge in [-0.15, -0.1) is 10.2 Å². The van der Waals surface area contributed by atoms with Crippen LogP contribution in [0.5, 0.6) is 5.75 Å². The van der Waals surface area contributed by atoms with Gasteiger partial charge in [0.25, 0.3) is 14.4 Å². The van der Waals surface area contributed by atoms with Crippen molar-refractivity contribution in [2.75, 3.05) is 24.2 Å². The molecule has 19 heavy (non-hydrogen) atoms. The summed E-state index contributed by atoms with van der Waals surface area (Å²) in [6.07, 6.45) is 0. The Balaban J connectivity index is 2.46. The number of methoxy groups -OCH3 is 1. The Morgan fingerprint density at radius 1 is 1.32 bits per heavy atom. The van der Waals surface area contributed by atoms with Crippen molar-refractivity contribution < 1.29 is 13.2 Å². The van der Waals surface area contributed by atoms with E-state index in [0.717, 1.165) is 15.6 Å². The third-order valence-electron chi connectivity index (χ3n) is 2.43. The largest absolute Gasteiger partial charge is 0.495 e. The van der Waals surface area contributed by atoms with Crippen LogP contribution < -0.4 is 14.8 Å². The summed E-state index contributed by atoms with van der Waals surface area (Å²) in [5, 5.41) is 7.18. The SMILES string of the molecule is COc1ccccc1N(C)S(=O)(=O)c1nnc(N)s1. The van der Waals surface area contributed by atoms with Crippen LogP contribution in [0.15, 0.2) is 28.6 Å². The molecular formula is C10H12N4O3S2. The molecule has 0 bridgehead atoms. The van der Waals surface area contributed by atoms with Gasteiger partial charge in [-0.25, -0.2) is 0 Å². The maximum Gasteiger partial charge on any atom is 0.293 e. The Hall–Kier alpha value is -1.87. The lowest BCUT2D eigenvalue weighted by Crippen LogP contribution is -2.26. The summed E-state index contributed by atoms with van der Waals surface area (Å²) in [5.74, 6) is 0.450. The lowest BCUT2D eigenvalue weighted by atomic mass is 10.3. The molecule has 1 heterocycles. The molecule has 0 radical (unpaired) electrons. The van der Waals surface area contributed by atoms with E-state index in [1.807, 2.05) is 0 Å². The molecule has 0 aliphatic heterocycles. The number of para-hydroxylation sites is 2. The van der Waals surface area contributed by atoms with E-state index in [1.165, 1.54) is 14.2 Å². The van der Waals surface area contributed by atoms with Gasteiger partial charge in [-0.3, -0.25) is 4.31 Å². The Morgan fingerprint density at radius 2 is 2.00 bits per heavy atom. The second-order valence-corrected chi connectivity index (χ2v) is 6.70. The van der Waals surface area contributed by atoms with E-state index in [2.05, 4.69) is 10.2 Å². The van der Waals surface area contributed by atoms with Crippen molar-refractivity contribution in [3.8, 4) is 5.75 Å². The highest BCUT2D eigenvalue weighted by atomic mass is 32.2. The summed E-state index contributed by atoms with van der Waals surface area (Å²) in [6.45, 7) is 0. The van der Waals surface area contributed by atoms with Gasteiger partial charge < -0.3 is 10.5 Å². The fourth-order valence-corrected chi connectivity index (χ4v) is 3.60. The third-order valence-corrected chi connectivity index (χ3v) is 5.30. The molecule has 0 atom stereocenters. The van der Waals surface area contributed by atoms with Crippen LogP contribution in [-0.2, 0) is 10.0 Å². The first-order valence-corrected chi connectivity index (χ1v) is 7.43. The molecule has 102 valence electrons. The first-order valence-electron chi connectivity index (χ1n) is 5.17. The number of nitrogens with two attached hydrogens (primary N) is 1. The highest BCUT2D eigenvalue weighted by molar-refractivity contribution is 7.94. The summed E-state index contributed by atoms with van der Waals surface area (Å²) in [5.41, 5.74) is 5.82. The smallest absolute Gasteiger partial charge is 0.293 e. The van der Waals surface area contributed by atoms with Crippen LogP contribution in [-0.4, -0.2) is 32.8 Å². The van der Waals surface area contributed by atoms with E-state index in [0.29, 0.717) is 11.4 Å². The minimum atomic E-state index is -3.79. The van der Waals surface area contributed by atoms with E-state index in [-0.39, 0.29) is 9.47 Å². The van der Waals surface area contributed by atoms with Crippen molar-refractivity contribution in [2.24, 2.45) is 0 Å². The highest BCUT2D eigenvalue weighted by Crippen LogP contribution is 2.31. The van der Waals surface area contributed by atoms with Crippen molar-refractivity contribution >= 4 is 32.2 Å². The van der Waals surface area contributed by atoms with Crippen molar-refractivity contribution in [1.82, 2.24) is 10.2 Å². The second kappa shape index (κ2) is 5.02. The molecular weight excluding hydrogens is 288 g/mol. The van der Waals surface area contributed by atoms with Gasteiger partial charge >= 0.3 is 0 Å². The van der Waals surface area contributed by atoms with Crippen LogP contribution in [0, 0.1) is 0 Å². The van der Waals surface area contributed by atoms with E-state index in [1.54, 1.807) is 24.3 Å². The predicted octanol–water partition coefficient (Wildman–Crippen LogP) is 0.954. The van der Waals surface area contributed by atoms with Crippen molar-refractivity contribution in [1.29, 1.82) is 0 Å². The van der Waals surface area contributed by atoms with E-state index >= 15 is 0 Å². The number of sulfonamides is 1. The minimum absolute atomic E-state index is 0.104. The maximum absolute atomic E-state index is 12.3. The fourth-order valence-electron chi connectivity index (χ4n) is 1.46. The lowest BCUT2D eigenvalue weighted by molar-refractivity contribution is 0.416. The van der Waals surface area contributed by atoms with Gasteiger partial charge in [-0.2, -0.15) is 8.42 Å². The Bertz CT molecular complexity index is 684. The number of nitrogen functional groups attached to an aromatic ring is 1. The number of hydrogen-bond donors (Lipinski definition) is 1. The van der Waals surface area contributed by atoms with E-state index in [9.17, 15) is 8.42 Å². The lowest BCUT2D eigenvalue weighted by Gasteiger charge is -2.19.